The fourth-order valence-corrected chi connectivity index (χ4v) is 11.3. The molecular formula is C65H128ClNO. The van der Waals surface area contributed by atoms with Crippen LogP contribution in [-0.4, -0.2) is 5.48 Å². The van der Waals surface area contributed by atoms with Gasteiger partial charge in [-0.1, -0.05) is 305 Å². The maximum atomic E-state index is 3.12. The zero-order valence-electron chi connectivity index (χ0n) is 48.0. The molecule has 0 aliphatic carbocycles. The van der Waals surface area contributed by atoms with E-state index in [4.69, 9.17) is 0 Å². The number of halogens is 1. The minimum absolute atomic E-state index is 0. The summed E-state index contributed by atoms with van der Waals surface area (Å²) in [6, 6.07) is 0. The Kier molecular flexibility index (Phi) is 56.9. The lowest BCUT2D eigenvalue weighted by Gasteiger charge is -2.23. The van der Waals surface area contributed by atoms with Gasteiger partial charge < -0.3 is 17.9 Å². The average molecular weight is 975 g/mol. The van der Waals surface area contributed by atoms with Crippen molar-refractivity contribution in [2.45, 2.75) is 388 Å². The van der Waals surface area contributed by atoms with Crippen LogP contribution in [0.3, 0.4) is 0 Å². The second kappa shape index (κ2) is 55.7. The maximum Gasteiger partial charge on any atom is 0.185 e. The van der Waals surface area contributed by atoms with Gasteiger partial charge in [0, 0.05) is 30.4 Å². The van der Waals surface area contributed by atoms with Gasteiger partial charge in [0.15, 0.2) is 11.4 Å². The second-order valence-electron chi connectivity index (χ2n) is 22.1. The van der Waals surface area contributed by atoms with Crippen molar-refractivity contribution in [3.05, 3.63) is 28.1 Å². The molecule has 2 nitrogen and oxygen atoms in total. The highest BCUT2D eigenvalue weighted by Gasteiger charge is 2.29. The number of nitrogens with zero attached hydrogens (tertiary/aromatic N) is 1. The van der Waals surface area contributed by atoms with Crippen LogP contribution in [0.5, 0.6) is 0 Å². The van der Waals surface area contributed by atoms with Gasteiger partial charge in [-0.2, -0.15) is 4.57 Å². The van der Waals surface area contributed by atoms with Gasteiger partial charge in [0.05, 0.1) is 0 Å². The summed E-state index contributed by atoms with van der Waals surface area (Å²) in [6.07, 6.45) is 75.3. The molecule has 0 bridgehead atoms. The van der Waals surface area contributed by atoms with Crippen LogP contribution in [0, 0.1) is 0 Å². The minimum atomic E-state index is 0. The Bertz CT molecular complexity index is 887. The van der Waals surface area contributed by atoms with Crippen molar-refractivity contribution in [1.82, 2.24) is 0 Å². The molecule has 0 aliphatic heterocycles. The molecule has 0 radical (unpaired) electrons. The molecule has 0 saturated carbocycles. The van der Waals surface area contributed by atoms with Crippen LogP contribution in [0.1, 0.15) is 378 Å². The molecule has 68 heavy (non-hydrogen) atoms. The van der Waals surface area contributed by atoms with Crippen molar-refractivity contribution in [1.29, 1.82) is 0 Å². The molecule has 3 heteroatoms. The van der Waals surface area contributed by atoms with E-state index in [-0.39, 0.29) is 17.9 Å². The van der Waals surface area contributed by atoms with E-state index in [2.05, 4.69) is 46.1 Å². The molecule has 0 saturated heterocycles. The molecule has 1 aromatic rings. The van der Waals surface area contributed by atoms with Crippen LogP contribution in [0.4, 0.5) is 0 Å². The fourth-order valence-electron chi connectivity index (χ4n) is 11.3. The SMILES string of the molecule is CCCCCCCCCCc1c(CCCCCCCCCC)c(CCCCCCCCCC)[n+](CCCCCCCCCC)c(CCCCCCCCCC)c1CCCCCCCCCC.O.[Cl-]. The first-order valence-electron chi connectivity index (χ1n) is 31.8. The molecule has 2 N–H and O–H groups in total. The topological polar surface area (TPSA) is 35.4 Å². The Morgan fingerprint density at radius 1 is 0.206 bits per heavy atom. The summed E-state index contributed by atoms with van der Waals surface area (Å²) in [7, 11) is 0. The normalized spacial score (nSPS) is 11.4. The quantitative estimate of drug-likeness (QED) is 0.0461. The Morgan fingerprint density at radius 3 is 0.618 bits per heavy atom. The molecule has 1 rings (SSSR count). The molecule has 1 aromatic heterocycles. The van der Waals surface area contributed by atoms with E-state index in [0.29, 0.717) is 0 Å². The van der Waals surface area contributed by atoms with E-state index >= 15 is 0 Å². The number of rotatable bonds is 54. The molecule has 0 aliphatic rings. The third kappa shape index (κ3) is 39.0. The number of pyridine rings is 1. The van der Waals surface area contributed by atoms with Crippen molar-refractivity contribution < 1.29 is 22.5 Å². The molecule has 0 amide bonds. The van der Waals surface area contributed by atoms with Gasteiger partial charge in [-0.25, -0.2) is 0 Å². The van der Waals surface area contributed by atoms with Crippen molar-refractivity contribution in [2.75, 3.05) is 0 Å². The Labute approximate surface area is 436 Å². The van der Waals surface area contributed by atoms with Crippen LogP contribution in [0.2, 0.25) is 0 Å². The van der Waals surface area contributed by atoms with Gasteiger partial charge >= 0.3 is 0 Å². The lowest BCUT2D eigenvalue weighted by molar-refractivity contribution is -0.712. The summed E-state index contributed by atoms with van der Waals surface area (Å²) in [5, 5.41) is 0. The second-order valence-corrected chi connectivity index (χ2v) is 22.1. The fraction of sp³-hybridized carbons (Fsp3) is 0.923. The molecule has 0 unspecified atom stereocenters. The van der Waals surface area contributed by atoms with Gasteiger partial charge in [-0.05, 0) is 63.4 Å². The highest BCUT2D eigenvalue weighted by molar-refractivity contribution is 5.39. The Morgan fingerprint density at radius 2 is 0.382 bits per heavy atom. The van der Waals surface area contributed by atoms with E-state index in [1.54, 1.807) is 0 Å². The van der Waals surface area contributed by atoms with Crippen LogP contribution >= 0.6 is 0 Å². The average Bonchev–Trinajstić information content (AvgIpc) is 3.32. The summed E-state index contributed by atoms with van der Waals surface area (Å²) < 4.78 is 3.12. The summed E-state index contributed by atoms with van der Waals surface area (Å²) >= 11 is 0. The Balaban J connectivity index is 0. The first kappa shape index (κ1) is 69.5. The first-order chi connectivity index (χ1) is 32.7. The van der Waals surface area contributed by atoms with E-state index < -0.39 is 0 Å². The number of hydrogen-bond acceptors (Lipinski definition) is 0. The zero-order valence-corrected chi connectivity index (χ0v) is 48.8. The number of hydrogen-bond donors (Lipinski definition) is 0. The molecule has 1 heterocycles. The van der Waals surface area contributed by atoms with Crippen molar-refractivity contribution in [3.8, 4) is 0 Å². The Hall–Kier alpha value is -0.600. The maximum absolute atomic E-state index is 3.12. The molecule has 0 aromatic carbocycles. The smallest absolute Gasteiger partial charge is 0.185 e. The monoisotopic (exact) mass is 974 g/mol. The zero-order chi connectivity index (χ0) is 47.6. The molecular weight excluding hydrogens is 846 g/mol. The summed E-state index contributed by atoms with van der Waals surface area (Å²) in [5.41, 5.74) is 9.44. The third-order valence-corrected chi connectivity index (χ3v) is 15.7. The van der Waals surface area contributed by atoms with Crippen molar-refractivity contribution >= 4 is 0 Å². The van der Waals surface area contributed by atoms with Gasteiger partial charge in [-0.3, -0.25) is 0 Å². The van der Waals surface area contributed by atoms with Crippen molar-refractivity contribution in [2.24, 2.45) is 0 Å². The lowest BCUT2D eigenvalue weighted by atomic mass is 9.85. The highest BCUT2D eigenvalue weighted by Crippen LogP contribution is 2.30. The summed E-state index contributed by atoms with van der Waals surface area (Å²) in [5.74, 6) is 0. The third-order valence-electron chi connectivity index (χ3n) is 15.7. The summed E-state index contributed by atoms with van der Waals surface area (Å²) in [4.78, 5) is 0. The first-order valence-corrected chi connectivity index (χ1v) is 31.8. The van der Waals surface area contributed by atoms with Gasteiger partial charge in [0.25, 0.3) is 0 Å². The molecule has 0 atom stereocenters. The highest BCUT2D eigenvalue weighted by atomic mass is 35.5. The predicted octanol–water partition coefficient (Wildman–Crippen LogP) is 18.7. The largest absolute Gasteiger partial charge is 1.00 e. The lowest BCUT2D eigenvalue weighted by Crippen LogP contribution is -3.00. The molecule has 0 spiro atoms. The molecule has 0 fully saturated rings. The van der Waals surface area contributed by atoms with Crippen LogP contribution in [-0.2, 0) is 38.6 Å². The van der Waals surface area contributed by atoms with Crippen LogP contribution in [0.25, 0.3) is 0 Å². The van der Waals surface area contributed by atoms with Crippen LogP contribution in [0.15, 0.2) is 0 Å². The van der Waals surface area contributed by atoms with Gasteiger partial charge in [0.2, 0.25) is 0 Å². The van der Waals surface area contributed by atoms with E-state index in [0.717, 1.165) is 0 Å². The van der Waals surface area contributed by atoms with Gasteiger partial charge in [0.1, 0.15) is 6.54 Å². The van der Waals surface area contributed by atoms with Crippen molar-refractivity contribution in [3.63, 3.8) is 0 Å². The van der Waals surface area contributed by atoms with E-state index in [1.807, 2.05) is 28.1 Å². The number of unbranched alkanes of at least 4 members (excludes halogenated alkanes) is 42. The minimum Gasteiger partial charge on any atom is -1.00 e. The molecule has 406 valence electrons. The summed E-state index contributed by atoms with van der Waals surface area (Å²) in [6.45, 7) is 15.5. The van der Waals surface area contributed by atoms with Gasteiger partial charge in [-0.15, -0.1) is 0 Å². The number of aromatic nitrogens is 1. The van der Waals surface area contributed by atoms with E-state index in [9.17, 15) is 0 Å². The van der Waals surface area contributed by atoms with Crippen LogP contribution < -0.4 is 17.0 Å². The van der Waals surface area contributed by atoms with E-state index in [1.165, 1.54) is 347 Å². The standard InChI is InChI=1S/C65H126N.ClH.H2O/c1-7-13-19-25-31-37-43-49-55-61-62(56-50-44-38-32-26-20-14-8-2)64(58-52-46-40-34-28-22-16-10-4)66(60-54-48-42-36-30-24-18-12-6)65(59-53-47-41-35-29-23-17-11-5)63(61)57-51-45-39-33-27-21-15-9-3;;/h7-60H2,1-6H3;1H;1H2/q+1;;/p-1. The predicted molar refractivity (Wildman–Crippen MR) is 304 cm³/mol.